The lowest BCUT2D eigenvalue weighted by Crippen LogP contribution is -2.30. The Bertz CT molecular complexity index is 1750. The van der Waals surface area contributed by atoms with Crippen molar-refractivity contribution in [3.8, 4) is 0 Å². The molecule has 0 aliphatic carbocycles. The van der Waals surface area contributed by atoms with E-state index in [2.05, 4.69) is 34.6 Å². The molecule has 0 amide bonds. The molecule has 0 rings (SSSR count). The van der Waals surface area contributed by atoms with Gasteiger partial charge in [0, 0.05) is 25.7 Å². The molecular weight excluding hydrogens is 1200 g/mol. The van der Waals surface area contributed by atoms with Crippen molar-refractivity contribution in [3.05, 3.63) is 0 Å². The van der Waals surface area contributed by atoms with Gasteiger partial charge >= 0.3 is 39.5 Å². The molecule has 0 fully saturated rings. The molecule has 0 radical (unpaired) electrons. The number of phosphoric acid groups is 2. The SMILES string of the molecule is CCCCCCCCCCCCCCCCCC(=O)OC[C@H](COP(=O)(O)OC[C@@H](O)COP(=O)(O)OC[C@@H](COC(=O)CCCCCCCCCCC)OC(=O)CCCCCCCCCCC)OC(=O)CCCCCCCCCCCCCCCCCC(C)C. The Morgan fingerprint density at radius 1 is 0.297 bits per heavy atom. The van der Waals surface area contributed by atoms with Gasteiger partial charge in [0.15, 0.2) is 12.2 Å². The van der Waals surface area contributed by atoms with E-state index in [4.69, 9.17) is 37.0 Å². The van der Waals surface area contributed by atoms with Crippen molar-refractivity contribution in [3.63, 3.8) is 0 Å². The molecule has 0 aliphatic heterocycles. The van der Waals surface area contributed by atoms with E-state index in [1.165, 1.54) is 199 Å². The molecule has 19 heteroatoms. The average molecular weight is 1340 g/mol. The summed E-state index contributed by atoms with van der Waals surface area (Å²) in [4.78, 5) is 72.5. The number of rotatable bonds is 72. The van der Waals surface area contributed by atoms with Gasteiger partial charge in [0.2, 0.25) is 0 Å². The number of aliphatic hydroxyl groups is 1. The minimum Gasteiger partial charge on any atom is -0.462 e. The van der Waals surface area contributed by atoms with Crippen LogP contribution in [0.4, 0.5) is 0 Å². The highest BCUT2D eigenvalue weighted by Gasteiger charge is 2.30. The maximum absolute atomic E-state index is 13.0. The van der Waals surface area contributed by atoms with Crippen molar-refractivity contribution in [2.75, 3.05) is 39.6 Å². The summed E-state index contributed by atoms with van der Waals surface area (Å²) < 4.78 is 68.3. The van der Waals surface area contributed by atoms with Crippen molar-refractivity contribution >= 4 is 39.5 Å². The van der Waals surface area contributed by atoms with Crippen molar-refractivity contribution in [1.29, 1.82) is 0 Å². The summed E-state index contributed by atoms with van der Waals surface area (Å²) in [7, 11) is -9.90. The van der Waals surface area contributed by atoms with E-state index in [1.807, 2.05) is 0 Å². The van der Waals surface area contributed by atoms with Crippen LogP contribution in [0.3, 0.4) is 0 Å². The Morgan fingerprint density at radius 2 is 0.505 bits per heavy atom. The normalized spacial score (nSPS) is 14.0. The molecule has 0 aromatic rings. The zero-order chi connectivity index (χ0) is 67.0. The highest BCUT2D eigenvalue weighted by Crippen LogP contribution is 2.45. The van der Waals surface area contributed by atoms with Crippen LogP contribution in [0.2, 0.25) is 0 Å². The Hall–Kier alpha value is -1.94. The van der Waals surface area contributed by atoms with Crippen LogP contribution in [0.15, 0.2) is 0 Å². The number of phosphoric ester groups is 2. The number of esters is 4. The minimum absolute atomic E-state index is 0.106. The number of ether oxygens (including phenoxy) is 4. The zero-order valence-electron chi connectivity index (χ0n) is 59.0. The van der Waals surface area contributed by atoms with Crippen LogP contribution in [0.25, 0.3) is 0 Å². The predicted molar refractivity (Wildman–Crippen MR) is 368 cm³/mol. The van der Waals surface area contributed by atoms with E-state index in [0.717, 1.165) is 95.8 Å². The lowest BCUT2D eigenvalue weighted by Gasteiger charge is -2.21. The summed E-state index contributed by atoms with van der Waals surface area (Å²) in [6.45, 7) is 7.26. The molecule has 0 saturated carbocycles. The molecule has 5 atom stereocenters. The topological polar surface area (TPSA) is 237 Å². The van der Waals surface area contributed by atoms with Crippen LogP contribution in [-0.4, -0.2) is 96.7 Å². The highest BCUT2D eigenvalue weighted by molar-refractivity contribution is 7.47. The predicted octanol–water partition coefficient (Wildman–Crippen LogP) is 20.9. The van der Waals surface area contributed by atoms with Crippen LogP contribution in [0.1, 0.15) is 375 Å². The summed E-state index contributed by atoms with van der Waals surface area (Å²) in [5.41, 5.74) is 0. The van der Waals surface area contributed by atoms with Crippen molar-refractivity contribution in [2.24, 2.45) is 5.92 Å². The van der Waals surface area contributed by atoms with Gasteiger partial charge in [-0.15, -0.1) is 0 Å². The van der Waals surface area contributed by atoms with E-state index in [0.29, 0.717) is 25.7 Å². The third kappa shape index (κ3) is 66.5. The summed E-state index contributed by atoms with van der Waals surface area (Å²) in [5, 5.41) is 10.6. The first kappa shape index (κ1) is 89.1. The molecule has 91 heavy (non-hydrogen) atoms. The van der Waals surface area contributed by atoms with Gasteiger partial charge in [-0.25, -0.2) is 9.13 Å². The van der Waals surface area contributed by atoms with Gasteiger partial charge in [-0.05, 0) is 31.6 Å². The summed E-state index contributed by atoms with van der Waals surface area (Å²) >= 11 is 0. The zero-order valence-corrected chi connectivity index (χ0v) is 60.8. The lowest BCUT2D eigenvalue weighted by atomic mass is 10.0. The third-order valence-electron chi connectivity index (χ3n) is 16.8. The first-order chi connectivity index (χ1) is 44.0. The first-order valence-corrected chi connectivity index (χ1v) is 40.6. The summed E-state index contributed by atoms with van der Waals surface area (Å²) in [5.74, 6) is -1.32. The summed E-state index contributed by atoms with van der Waals surface area (Å²) in [6, 6.07) is 0. The molecule has 0 aliphatic rings. The molecule has 0 heterocycles. The molecule has 0 saturated heterocycles. The first-order valence-electron chi connectivity index (χ1n) is 37.6. The Kier molecular flexibility index (Phi) is 64.0. The second-order valence-electron chi connectivity index (χ2n) is 26.5. The minimum atomic E-state index is -4.95. The van der Waals surface area contributed by atoms with Crippen LogP contribution in [0.5, 0.6) is 0 Å². The molecule has 540 valence electrons. The van der Waals surface area contributed by atoms with E-state index < -0.39 is 97.5 Å². The van der Waals surface area contributed by atoms with Gasteiger partial charge in [0.25, 0.3) is 0 Å². The number of carbonyl (C=O) groups excluding carboxylic acids is 4. The van der Waals surface area contributed by atoms with E-state index in [-0.39, 0.29) is 25.7 Å². The van der Waals surface area contributed by atoms with Gasteiger partial charge < -0.3 is 33.8 Å². The molecule has 0 aromatic carbocycles. The van der Waals surface area contributed by atoms with E-state index >= 15 is 0 Å². The standard InChI is InChI=1S/C72H140O17P2/c1-6-9-12-15-18-21-22-23-25-29-32-37-41-46-51-56-70(75)83-62-68(89-72(77)58-53-48-43-38-33-30-27-24-26-28-31-36-39-44-49-54-65(4)5)64-87-91(80,81)85-60-66(73)59-84-90(78,79)86-63-67(88-71(76)57-52-47-42-35-20-17-14-11-8-3)61-82-69(74)55-50-45-40-34-19-16-13-10-7-2/h65-68,73H,6-64H2,1-5H3,(H,78,79)(H,80,81)/t66-,67+,68+/m0/s1. The van der Waals surface area contributed by atoms with Crippen LogP contribution >= 0.6 is 15.6 Å². The van der Waals surface area contributed by atoms with Crippen LogP contribution < -0.4 is 0 Å². The lowest BCUT2D eigenvalue weighted by molar-refractivity contribution is -0.161. The van der Waals surface area contributed by atoms with Crippen molar-refractivity contribution in [2.45, 2.75) is 393 Å². The maximum atomic E-state index is 13.0. The fourth-order valence-corrected chi connectivity index (χ4v) is 12.6. The van der Waals surface area contributed by atoms with Gasteiger partial charge in [-0.3, -0.25) is 37.3 Å². The number of unbranched alkanes of at least 4 members (excludes halogenated alkanes) is 44. The van der Waals surface area contributed by atoms with Gasteiger partial charge in [0.1, 0.15) is 19.3 Å². The fourth-order valence-electron chi connectivity index (χ4n) is 11.0. The molecule has 0 aromatic heterocycles. The van der Waals surface area contributed by atoms with Crippen LogP contribution in [0, 0.1) is 5.92 Å². The molecule has 3 N–H and O–H groups in total. The average Bonchev–Trinajstić information content (AvgIpc) is 3.36. The molecule has 0 bridgehead atoms. The van der Waals surface area contributed by atoms with Gasteiger partial charge in [0.05, 0.1) is 26.4 Å². The van der Waals surface area contributed by atoms with E-state index in [9.17, 15) is 43.2 Å². The monoisotopic (exact) mass is 1340 g/mol. The molecule has 0 spiro atoms. The quantitative estimate of drug-likeness (QED) is 0.0222. The maximum Gasteiger partial charge on any atom is 0.472 e. The number of aliphatic hydroxyl groups excluding tert-OH is 1. The fraction of sp³-hybridized carbons (Fsp3) is 0.944. The van der Waals surface area contributed by atoms with Crippen LogP contribution in [-0.2, 0) is 65.4 Å². The largest absolute Gasteiger partial charge is 0.472 e. The van der Waals surface area contributed by atoms with E-state index in [1.54, 1.807) is 0 Å². The van der Waals surface area contributed by atoms with Gasteiger partial charge in [-0.2, -0.15) is 0 Å². The van der Waals surface area contributed by atoms with Gasteiger partial charge in [-0.1, -0.05) is 324 Å². The van der Waals surface area contributed by atoms with Crippen molar-refractivity contribution < 1.29 is 80.2 Å². The van der Waals surface area contributed by atoms with Crippen molar-refractivity contribution in [1.82, 2.24) is 0 Å². The highest BCUT2D eigenvalue weighted by atomic mass is 31.2. The Morgan fingerprint density at radius 3 is 0.747 bits per heavy atom. The Labute approximate surface area is 556 Å². The molecule has 2 unspecified atom stereocenters. The second-order valence-corrected chi connectivity index (χ2v) is 29.4. The molecule has 17 nitrogen and oxygen atoms in total. The third-order valence-corrected chi connectivity index (χ3v) is 18.7. The summed E-state index contributed by atoms with van der Waals surface area (Å²) in [6.07, 6.45) is 52.7. The Balaban J connectivity index is 5.20. The number of hydrogen-bond acceptors (Lipinski definition) is 15. The number of carbonyl (C=O) groups is 4. The smallest absolute Gasteiger partial charge is 0.462 e. The molecular formula is C72H140O17P2. The number of hydrogen-bond donors (Lipinski definition) is 3. The second kappa shape index (κ2) is 65.4.